The van der Waals surface area contributed by atoms with Crippen molar-refractivity contribution in [1.29, 1.82) is 0 Å². The highest BCUT2D eigenvalue weighted by Crippen LogP contribution is 2.27. The van der Waals surface area contributed by atoms with Crippen LogP contribution in [0.2, 0.25) is 10.0 Å². The molecule has 26 heavy (non-hydrogen) atoms. The normalized spacial score (nSPS) is 11.4. The van der Waals surface area contributed by atoms with E-state index in [-0.39, 0.29) is 6.61 Å². The first kappa shape index (κ1) is 19.9. The van der Waals surface area contributed by atoms with E-state index >= 15 is 0 Å². The van der Waals surface area contributed by atoms with Gasteiger partial charge in [0.25, 0.3) is 5.91 Å². The van der Waals surface area contributed by atoms with E-state index in [1.54, 1.807) is 36.4 Å². The summed E-state index contributed by atoms with van der Waals surface area (Å²) in [6, 6.07) is 11.4. The molecule has 0 heterocycles. The van der Waals surface area contributed by atoms with Crippen LogP contribution in [0.5, 0.6) is 11.5 Å². The second-order valence-electron chi connectivity index (χ2n) is 5.21. The summed E-state index contributed by atoms with van der Waals surface area (Å²) in [5, 5.41) is 3.52. The number of benzene rings is 2. The number of carbonyl (C=O) groups is 2. The average Bonchev–Trinajstić information content (AvgIpc) is 2.60. The van der Waals surface area contributed by atoms with Crippen LogP contribution in [0, 0.1) is 0 Å². The lowest BCUT2D eigenvalue weighted by Gasteiger charge is -2.15. The third-order valence-corrected chi connectivity index (χ3v) is 3.72. The smallest absolute Gasteiger partial charge is 0.344 e. The summed E-state index contributed by atoms with van der Waals surface area (Å²) in [6.45, 7) is 1.10. The SMILES string of the molecule is COc1ccc(Cl)cc1NC(=O)[C@H](C)OC(=O)COc1cccc(Cl)c1. The Hall–Kier alpha value is -2.44. The van der Waals surface area contributed by atoms with Crippen LogP contribution < -0.4 is 14.8 Å². The van der Waals surface area contributed by atoms with Crippen molar-refractivity contribution in [3.8, 4) is 11.5 Å². The zero-order valence-corrected chi connectivity index (χ0v) is 15.6. The van der Waals surface area contributed by atoms with Crippen LogP contribution in [-0.2, 0) is 14.3 Å². The first-order chi connectivity index (χ1) is 12.4. The Balaban J connectivity index is 1.88. The van der Waals surface area contributed by atoms with Gasteiger partial charge in [-0.1, -0.05) is 29.3 Å². The van der Waals surface area contributed by atoms with E-state index in [9.17, 15) is 9.59 Å². The van der Waals surface area contributed by atoms with Crippen LogP contribution in [0.25, 0.3) is 0 Å². The molecule has 0 aliphatic heterocycles. The van der Waals surface area contributed by atoms with Gasteiger partial charge >= 0.3 is 5.97 Å². The van der Waals surface area contributed by atoms with Gasteiger partial charge in [-0.2, -0.15) is 0 Å². The predicted molar refractivity (Wildman–Crippen MR) is 99.1 cm³/mol. The van der Waals surface area contributed by atoms with Crippen LogP contribution in [-0.4, -0.2) is 31.7 Å². The van der Waals surface area contributed by atoms with Crippen molar-refractivity contribution >= 4 is 40.8 Å². The molecule has 0 aliphatic carbocycles. The molecule has 0 unspecified atom stereocenters. The van der Waals surface area contributed by atoms with E-state index in [4.69, 9.17) is 37.4 Å². The second kappa shape index (κ2) is 9.31. The number of esters is 1. The largest absolute Gasteiger partial charge is 0.495 e. The summed E-state index contributed by atoms with van der Waals surface area (Å²) in [6.07, 6.45) is -1.03. The van der Waals surface area contributed by atoms with E-state index in [0.29, 0.717) is 27.2 Å². The predicted octanol–water partition coefficient (Wildman–Crippen LogP) is 3.95. The molecule has 0 bridgehead atoms. The maximum Gasteiger partial charge on any atom is 0.344 e. The first-order valence-corrected chi connectivity index (χ1v) is 8.37. The van der Waals surface area contributed by atoms with E-state index in [1.807, 2.05) is 0 Å². The molecule has 2 aromatic carbocycles. The number of anilines is 1. The summed E-state index contributed by atoms with van der Waals surface area (Å²) in [7, 11) is 1.47. The fraction of sp³-hybridized carbons (Fsp3) is 0.222. The third-order valence-electron chi connectivity index (χ3n) is 3.25. The van der Waals surface area contributed by atoms with E-state index in [1.165, 1.54) is 20.1 Å². The second-order valence-corrected chi connectivity index (χ2v) is 6.08. The Morgan fingerprint density at radius 1 is 1.12 bits per heavy atom. The molecule has 0 radical (unpaired) electrons. The number of amides is 1. The van der Waals surface area contributed by atoms with Gasteiger partial charge in [-0.25, -0.2) is 4.79 Å². The Labute approximate surface area is 160 Å². The van der Waals surface area contributed by atoms with E-state index < -0.39 is 18.0 Å². The van der Waals surface area contributed by atoms with E-state index in [0.717, 1.165) is 0 Å². The summed E-state index contributed by atoms with van der Waals surface area (Å²) in [5.74, 6) is -0.354. The van der Waals surface area contributed by atoms with Gasteiger partial charge in [0.05, 0.1) is 12.8 Å². The molecule has 0 saturated heterocycles. The number of methoxy groups -OCH3 is 1. The maximum absolute atomic E-state index is 12.2. The Bertz CT molecular complexity index is 797. The quantitative estimate of drug-likeness (QED) is 0.715. The van der Waals surface area contributed by atoms with Crippen LogP contribution >= 0.6 is 23.2 Å². The van der Waals surface area contributed by atoms with Crippen molar-refractivity contribution in [2.75, 3.05) is 19.0 Å². The van der Waals surface area contributed by atoms with Gasteiger partial charge in [-0.15, -0.1) is 0 Å². The zero-order chi connectivity index (χ0) is 19.1. The molecule has 0 fully saturated rings. The van der Waals surface area contributed by atoms with Crippen LogP contribution in [0.4, 0.5) is 5.69 Å². The molecule has 1 N–H and O–H groups in total. The fourth-order valence-corrected chi connectivity index (χ4v) is 2.35. The molecule has 1 atom stereocenters. The minimum Gasteiger partial charge on any atom is -0.495 e. The van der Waals surface area contributed by atoms with Crippen molar-refractivity contribution in [2.45, 2.75) is 13.0 Å². The minimum absolute atomic E-state index is 0.349. The zero-order valence-electron chi connectivity index (χ0n) is 14.1. The van der Waals surface area contributed by atoms with Crippen molar-refractivity contribution in [1.82, 2.24) is 0 Å². The van der Waals surface area contributed by atoms with Crippen molar-refractivity contribution in [3.63, 3.8) is 0 Å². The Morgan fingerprint density at radius 2 is 1.85 bits per heavy atom. The number of carbonyl (C=O) groups excluding carboxylic acids is 2. The van der Waals surface area contributed by atoms with Crippen LogP contribution in [0.3, 0.4) is 0 Å². The van der Waals surface area contributed by atoms with Gasteiger partial charge in [0, 0.05) is 10.0 Å². The van der Waals surface area contributed by atoms with Gasteiger partial charge in [0.2, 0.25) is 0 Å². The monoisotopic (exact) mass is 397 g/mol. The van der Waals surface area contributed by atoms with Crippen molar-refractivity contribution in [3.05, 3.63) is 52.5 Å². The van der Waals surface area contributed by atoms with Crippen molar-refractivity contribution < 1.29 is 23.8 Å². The molecule has 2 rings (SSSR count). The molecule has 0 saturated carbocycles. The standard InChI is InChI=1S/C18H17Cl2NO5/c1-11(18(23)21-15-9-13(20)6-7-16(15)24-2)26-17(22)10-25-14-5-3-4-12(19)8-14/h3-9,11H,10H2,1-2H3,(H,21,23)/t11-/m0/s1. The molecule has 8 heteroatoms. The first-order valence-electron chi connectivity index (χ1n) is 7.61. The molecule has 0 aliphatic rings. The van der Waals surface area contributed by atoms with Gasteiger partial charge < -0.3 is 19.5 Å². The molecule has 138 valence electrons. The number of rotatable bonds is 7. The van der Waals surface area contributed by atoms with Crippen LogP contribution in [0.1, 0.15) is 6.92 Å². The molecule has 0 spiro atoms. The van der Waals surface area contributed by atoms with E-state index in [2.05, 4.69) is 5.32 Å². The summed E-state index contributed by atoms with van der Waals surface area (Å²) in [4.78, 5) is 24.0. The molecule has 6 nitrogen and oxygen atoms in total. The lowest BCUT2D eigenvalue weighted by atomic mass is 10.2. The molecule has 0 aromatic heterocycles. The van der Waals surface area contributed by atoms with Crippen LogP contribution in [0.15, 0.2) is 42.5 Å². The number of ether oxygens (including phenoxy) is 3. The highest BCUT2D eigenvalue weighted by atomic mass is 35.5. The molecule has 1 amide bonds. The number of halogens is 2. The van der Waals surface area contributed by atoms with Gasteiger partial charge in [0.15, 0.2) is 12.7 Å². The summed E-state index contributed by atoms with van der Waals surface area (Å²) in [5.41, 5.74) is 0.378. The molecule has 2 aromatic rings. The van der Waals surface area contributed by atoms with Crippen molar-refractivity contribution in [2.24, 2.45) is 0 Å². The Kier molecular flexibility index (Phi) is 7.12. The van der Waals surface area contributed by atoms with Gasteiger partial charge in [-0.05, 0) is 43.3 Å². The highest BCUT2D eigenvalue weighted by molar-refractivity contribution is 6.31. The minimum atomic E-state index is -1.03. The van der Waals surface area contributed by atoms with Gasteiger partial charge in [-0.3, -0.25) is 4.79 Å². The number of nitrogens with one attached hydrogen (secondary N) is 1. The third kappa shape index (κ3) is 5.82. The van der Waals surface area contributed by atoms with Gasteiger partial charge in [0.1, 0.15) is 11.5 Å². The summed E-state index contributed by atoms with van der Waals surface area (Å²) < 4.78 is 15.5. The molecular formula is C18H17Cl2NO5. The average molecular weight is 398 g/mol. The lowest BCUT2D eigenvalue weighted by molar-refractivity contribution is -0.155. The highest BCUT2D eigenvalue weighted by Gasteiger charge is 2.19. The Morgan fingerprint density at radius 3 is 2.54 bits per heavy atom. The topological polar surface area (TPSA) is 73.9 Å². The molecular weight excluding hydrogens is 381 g/mol. The number of hydrogen-bond acceptors (Lipinski definition) is 5. The fourth-order valence-electron chi connectivity index (χ4n) is 2.00. The summed E-state index contributed by atoms with van der Waals surface area (Å²) >= 11 is 11.7. The number of hydrogen-bond donors (Lipinski definition) is 1. The lowest BCUT2D eigenvalue weighted by Crippen LogP contribution is -2.31. The maximum atomic E-state index is 12.2.